The van der Waals surface area contributed by atoms with Crippen molar-refractivity contribution in [2.75, 3.05) is 5.73 Å². The van der Waals surface area contributed by atoms with Crippen LogP contribution in [0.2, 0.25) is 5.02 Å². The molecule has 3 nitrogen and oxygen atoms in total. The average molecular weight is 265 g/mol. The Labute approximate surface area is 108 Å². The lowest BCUT2D eigenvalue weighted by Crippen LogP contribution is -2.08. The molecule has 0 radical (unpaired) electrons. The quantitative estimate of drug-likeness (QED) is 0.868. The molecular formula is C13H10ClFN2O. The van der Waals surface area contributed by atoms with Crippen LogP contribution in [0.3, 0.4) is 0 Å². The summed E-state index contributed by atoms with van der Waals surface area (Å²) in [5, 5.41) is 0.228. The van der Waals surface area contributed by atoms with Gasteiger partial charge in [0.2, 0.25) is 0 Å². The molecule has 5 heteroatoms. The van der Waals surface area contributed by atoms with E-state index in [2.05, 4.69) is 4.98 Å². The lowest BCUT2D eigenvalue weighted by molar-refractivity contribution is 0.0993. The van der Waals surface area contributed by atoms with Crippen LogP contribution in [0.15, 0.2) is 36.7 Å². The highest BCUT2D eigenvalue weighted by Gasteiger charge is 2.12. The largest absolute Gasteiger partial charge is 0.398 e. The van der Waals surface area contributed by atoms with Gasteiger partial charge in [0, 0.05) is 29.5 Å². The number of hydrogen-bond donors (Lipinski definition) is 1. The molecule has 2 aromatic rings. The van der Waals surface area contributed by atoms with Gasteiger partial charge >= 0.3 is 0 Å². The van der Waals surface area contributed by atoms with Crippen molar-refractivity contribution in [1.82, 2.24) is 4.98 Å². The number of aromatic nitrogens is 1. The second kappa shape index (κ2) is 5.14. The molecule has 1 aromatic carbocycles. The van der Waals surface area contributed by atoms with Crippen molar-refractivity contribution in [1.29, 1.82) is 0 Å². The first-order valence-corrected chi connectivity index (χ1v) is 5.62. The van der Waals surface area contributed by atoms with Gasteiger partial charge in [0.05, 0.1) is 5.56 Å². The summed E-state index contributed by atoms with van der Waals surface area (Å²) in [5.41, 5.74) is 6.96. The predicted octanol–water partition coefficient (Wildman–Crippen LogP) is 2.88. The minimum absolute atomic E-state index is 0.0645. The Morgan fingerprint density at radius 2 is 2.17 bits per heavy atom. The first-order valence-electron chi connectivity index (χ1n) is 5.24. The van der Waals surface area contributed by atoms with Crippen LogP contribution < -0.4 is 5.73 Å². The SMILES string of the molecule is Nc1ccncc1C(=O)Cc1ccc(F)cc1Cl. The second-order valence-corrected chi connectivity index (χ2v) is 4.21. The van der Waals surface area contributed by atoms with Gasteiger partial charge < -0.3 is 5.73 Å². The lowest BCUT2D eigenvalue weighted by Gasteiger charge is -2.05. The fraction of sp³-hybridized carbons (Fsp3) is 0.0769. The van der Waals surface area contributed by atoms with Gasteiger partial charge in [0.1, 0.15) is 5.82 Å². The summed E-state index contributed by atoms with van der Waals surface area (Å²) >= 11 is 5.86. The zero-order valence-corrected chi connectivity index (χ0v) is 10.1. The van der Waals surface area contributed by atoms with Gasteiger partial charge in [0.25, 0.3) is 0 Å². The number of nitrogen functional groups attached to an aromatic ring is 1. The monoisotopic (exact) mass is 264 g/mol. The number of benzene rings is 1. The topological polar surface area (TPSA) is 56.0 Å². The average Bonchev–Trinajstić information content (AvgIpc) is 2.33. The van der Waals surface area contributed by atoms with Gasteiger partial charge in [-0.3, -0.25) is 9.78 Å². The number of halogens is 2. The molecule has 0 saturated heterocycles. The zero-order chi connectivity index (χ0) is 13.1. The van der Waals surface area contributed by atoms with E-state index < -0.39 is 5.82 Å². The normalized spacial score (nSPS) is 10.3. The molecule has 0 spiro atoms. The van der Waals surface area contributed by atoms with E-state index in [0.717, 1.165) is 0 Å². The molecule has 1 heterocycles. The Morgan fingerprint density at radius 3 is 2.83 bits per heavy atom. The first kappa shape index (κ1) is 12.5. The summed E-state index contributed by atoms with van der Waals surface area (Å²) in [5.74, 6) is -0.633. The van der Waals surface area contributed by atoms with E-state index in [1.807, 2.05) is 0 Å². The molecule has 92 valence electrons. The molecule has 0 fully saturated rings. The van der Waals surface area contributed by atoms with Crippen LogP contribution in [0, 0.1) is 5.82 Å². The van der Waals surface area contributed by atoms with Crippen LogP contribution >= 0.6 is 11.6 Å². The number of hydrogen-bond acceptors (Lipinski definition) is 3. The number of nitrogens with two attached hydrogens (primary N) is 1. The molecule has 1 aromatic heterocycles. The van der Waals surface area contributed by atoms with Gasteiger partial charge in [-0.05, 0) is 23.8 Å². The van der Waals surface area contributed by atoms with Crippen LogP contribution in [0.1, 0.15) is 15.9 Å². The van der Waals surface area contributed by atoms with Crippen molar-refractivity contribution in [3.05, 3.63) is 58.6 Å². The van der Waals surface area contributed by atoms with Crippen molar-refractivity contribution in [2.45, 2.75) is 6.42 Å². The highest BCUT2D eigenvalue weighted by Crippen LogP contribution is 2.20. The van der Waals surface area contributed by atoms with Crippen LogP contribution in [-0.4, -0.2) is 10.8 Å². The van der Waals surface area contributed by atoms with E-state index in [1.54, 1.807) is 6.07 Å². The molecule has 18 heavy (non-hydrogen) atoms. The van der Waals surface area contributed by atoms with Gasteiger partial charge in [0.15, 0.2) is 5.78 Å². The second-order valence-electron chi connectivity index (χ2n) is 3.80. The standard InChI is InChI=1S/C13H10ClFN2O/c14-11-6-9(15)2-1-8(11)5-13(18)10-7-17-4-3-12(10)16/h1-4,6-7H,5H2,(H2,16,17). The number of Topliss-reactive ketones (excluding diaryl/α,β-unsaturated/α-hetero) is 1. The van der Waals surface area contributed by atoms with Gasteiger partial charge in [-0.2, -0.15) is 0 Å². The Morgan fingerprint density at radius 1 is 1.39 bits per heavy atom. The summed E-state index contributed by atoms with van der Waals surface area (Å²) < 4.78 is 12.9. The minimum atomic E-state index is -0.433. The van der Waals surface area contributed by atoms with Gasteiger partial charge in [-0.25, -0.2) is 4.39 Å². The number of carbonyl (C=O) groups is 1. The third kappa shape index (κ3) is 2.65. The van der Waals surface area contributed by atoms with Crippen molar-refractivity contribution < 1.29 is 9.18 Å². The third-order valence-corrected chi connectivity index (χ3v) is 2.87. The van der Waals surface area contributed by atoms with Crippen LogP contribution in [0.5, 0.6) is 0 Å². The fourth-order valence-electron chi connectivity index (χ4n) is 1.57. The van der Waals surface area contributed by atoms with Crippen molar-refractivity contribution in [2.24, 2.45) is 0 Å². The van der Waals surface area contributed by atoms with Crippen LogP contribution in [0.4, 0.5) is 10.1 Å². The molecule has 0 aliphatic heterocycles. The summed E-state index contributed by atoms with van der Waals surface area (Å²) in [7, 11) is 0. The van der Waals surface area contributed by atoms with Crippen molar-refractivity contribution >= 4 is 23.1 Å². The molecule has 0 saturated carbocycles. The molecule has 0 bridgehead atoms. The fourth-order valence-corrected chi connectivity index (χ4v) is 1.81. The van der Waals surface area contributed by atoms with E-state index in [9.17, 15) is 9.18 Å². The van der Waals surface area contributed by atoms with E-state index in [-0.39, 0.29) is 17.2 Å². The van der Waals surface area contributed by atoms with Gasteiger partial charge in [-0.1, -0.05) is 17.7 Å². The van der Waals surface area contributed by atoms with E-state index >= 15 is 0 Å². The number of ketones is 1. The maximum Gasteiger partial charge on any atom is 0.170 e. The first-order chi connectivity index (χ1) is 8.58. The van der Waals surface area contributed by atoms with E-state index in [1.165, 1.54) is 30.6 Å². The number of rotatable bonds is 3. The molecule has 0 amide bonds. The summed E-state index contributed by atoms with van der Waals surface area (Å²) in [6.07, 6.45) is 2.99. The highest BCUT2D eigenvalue weighted by atomic mass is 35.5. The van der Waals surface area contributed by atoms with Crippen LogP contribution in [0.25, 0.3) is 0 Å². The Bertz CT molecular complexity index is 601. The Hall–Kier alpha value is -1.94. The summed E-state index contributed by atoms with van der Waals surface area (Å²) in [6, 6.07) is 5.49. The molecule has 0 unspecified atom stereocenters. The third-order valence-electron chi connectivity index (χ3n) is 2.52. The van der Waals surface area contributed by atoms with E-state index in [4.69, 9.17) is 17.3 Å². The number of nitrogens with zero attached hydrogens (tertiary/aromatic N) is 1. The minimum Gasteiger partial charge on any atom is -0.398 e. The summed E-state index contributed by atoms with van der Waals surface area (Å²) in [6.45, 7) is 0. The van der Waals surface area contributed by atoms with Gasteiger partial charge in [-0.15, -0.1) is 0 Å². The Balaban J connectivity index is 2.24. The molecule has 2 rings (SSSR count). The molecular weight excluding hydrogens is 255 g/mol. The van der Waals surface area contributed by atoms with Crippen LogP contribution in [-0.2, 0) is 6.42 Å². The Kier molecular flexibility index (Phi) is 3.58. The molecule has 0 aliphatic carbocycles. The van der Waals surface area contributed by atoms with Crippen molar-refractivity contribution in [3.8, 4) is 0 Å². The maximum absolute atomic E-state index is 12.9. The number of anilines is 1. The molecule has 0 atom stereocenters. The number of pyridine rings is 1. The smallest absolute Gasteiger partial charge is 0.170 e. The lowest BCUT2D eigenvalue weighted by atomic mass is 10.0. The zero-order valence-electron chi connectivity index (χ0n) is 9.36. The summed E-state index contributed by atoms with van der Waals surface area (Å²) in [4.78, 5) is 15.9. The number of carbonyl (C=O) groups excluding carboxylic acids is 1. The predicted molar refractivity (Wildman–Crippen MR) is 68.1 cm³/mol. The van der Waals surface area contributed by atoms with E-state index in [0.29, 0.717) is 16.8 Å². The molecule has 0 aliphatic rings. The van der Waals surface area contributed by atoms with Crippen molar-refractivity contribution in [3.63, 3.8) is 0 Å². The highest BCUT2D eigenvalue weighted by molar-refractivity contribution is 6.31. The maximum atomic E-state index is 12.9. The molecule has 2 N–H and O–H groups in total.